The summed E-state index contributed by atoms with van der Waals surface area (Å²) in [7, 11) is 0. The van der Waals surface area contributed by atoms with Crippen molar-refractivity contribution in [3.8, 4) is 0 Å². The van der Waals surface area contributed by atoms with Gasteiger partial charge in [-0.1, -0.05) is 194 Å². The minimum Gasteiger partial charge on any atom is -0.546 e. The molecule has 0 amide bonds. The molecule has 0 bridgehead atoms. The van der Waals surface area contributed by atoms with Crippen molar-refractivity contribution < 1.29 is 38.9 Å². The fourth-order valence-corrected chi connectivity index (χ4v) is 5.89. The maximum Gasteiger partial charge on any atom is 2.00 e. The molecule has 2 unspecified atom stereocenters. The molecule has 0 saturated carbocycles. The van der Waals surface area contributed by atoms with Gasteiger partial charge < -0.3 is 29.3 Å². The molecular weight excluding hydrogens is 657 g/mol. The van der Waals surface area contributed by atoms with Crippen LogP contribution in [0.25, 0.3) is 0 Å². The van der Waals surface area contributed by atoms with Crippen LogP contribution in [0.4, 0.5) is 0 Å². The van der Waals surface area contributed by atoms with E-state index in [1.54, 1.807) is 0 Å². The molecule has 8 nitrogen and oxygen atoms in total. The van der Waals surface area contributed by atoms with E-state index in [1.165, 1.54) is 168 Å². The summed E-state index contributed by atoms with van der Waals surface area (Å²) in [4.78, 5) is 43.7. The molecule has 0 aliphatic rings. The number of carboxylic acids is 2. The number of hydrogen-bond donors (Lipinski definition) is 0. The van der Waals surface area contributed by atoms with E-state index in [0.717, 1.165) is 38.5 Å². The number of aliphatic carboxylic acids is 2. The molecule has 296 valence electrons. The van der Waals surface area contributed by atoms with E-state index in [-0.39, 0.29) is 23.1 Å². The largest absolute Gasteiger partial charge is 2.00 e. The SMILES string of the molecule is CCCCCCCCCCCCCCCCCC(=O)OC(C)C(=O)[O-].CCCCCCCCCCCCCCCCCC(=O)OC(C)C(=O)[O-].[Mg+2]. The van der Waals surface area contributed by atoms with Crippen LogP contribution in [0, 0.1) is 0 Å². The van der Waals surface area contributed by atoms with E-state index in [0.29, 0.717) is 12.8 Å². The summed E-state index contributed by atoms with van der Waals surface area (Å²) in [5, 5.41) is 20.9. The van der Waals surface area contributed by atoms with Gasteiger partial charge in [-0.2, -0.15) is 0 Å². The summed E-state index contributed by atoms with van der Waals surface area (Å²) in [5.74, 6) is -3.56. The Labute approximate surface area is 329 Å². The van der Waals surface area contributed by atoms with Gasteiger partial charge in [0.15, 0.2) is 0 Å². The van der Waals surface area contributed by atoms with Crippen molar-refractivity contribution >= 4 is 46.9 Å². The first kappa shape index (κ1) is 54.0. The molecule has 0 aliphatic carbocycles. The van der Waals surface area contributed by atoms with Crippen LogP contribution in [0.5, 0.6) is 0 Å². The molecule has 0 fully saturated rings. The van der Waals surface area contributed by atoms with Crippen LogP contribution in [0.15, 0.2) is 0 Å². The predicted molar refractivity (Wildman–Crippen MR) is 206 cm³/mol. The van der Waals surface area contributed by atoms with E-state index >= 15 is 0 Å². The standard InChI is InChI=1S/2C21H40O4.Mg/c2*1-3-4-5-6-7-8-9-10-11-12-13-14-15-16-17-18-20(22)25-19(2)21(23)24;/h2*19H,3-18H2,1-2H3,(H,23,24);/q;;+2/p-2. The topological polar surface area (TPSA) is 133 Å². The molecule has 0 rings (SSSR count). The molecule has 0 N–H and O–H groups in total. The first-order valence-electron chi connectivity index (χ1n) is 21.0. The molecule has 0 aromatic rings. The number of esters is 2. The van der Waals surface area contributed by atoms with Gasteiger partial charge >= 0.3 is 35.0 Å². The van der Waals surface area contributed by atoms with Crippen LogP contribution in [0.3, 0.4) is 0 Å². The van der Waals surface area contributed by atoms with Gasteiger partial charge in [-0.05, 0) is 26.7 Å². The zero-order valence-electron chi connectivity index (χ0n) is 33.8. The molecule has 0 aliphatic heterocycles. The van der Waals surface area contributed by atoms with E-state index in [9.17, 15) is 29.4 Å². The zero-order valence-corrected chi connectivity index (χ0v) is 35.2. The Balaban J connectivity index is -0.000000886. The summed E-state index contributed by atoms with van der Waals surface area (Å²) in [6.45, 7) is 7.16. The van der Waals surface area contributed by atoms with Crippen LogP contribution < -0.4 is 10.2 Å². The van der Waals surface area contributed by atoms with Gasteiger partial charge in [0.1, 0.15) is 12.2 Å². The number of carbonyl (C=O) groups is 4. The van der Waals surface area contributed by atoms with Crippen molar-refractivity contribution in [3.05, 3.63) is 0 Å². The van der Waals surface area contributed by atoms with Gasteiger partial charge in [-0.3, -0.25) is 9.59 Å². The minimum atomic E-state index is -1.34. The molecule has 0 aromatic carbocycles. The Hall–Kier alpha value is -1.35. The average Bonchev–Trinajstić information content (AvgIpc) is 3.08. The molecule has 0 heterocycles. The van der Waals surface area contributed by atoms with Gasteiger partial charge in [0, 0.05) is 12.8 Å². The minimum absolute atomic E-state index is 0. The summed E-state index contributed by atoms with van der Waals surface area (Å²) in [6, 6.07) is 0. The van der Waals surface area contributed by atoms with Gasteiger partial charge in [-0.25, -0.2) is 0 Å². The zero-order chi connectivity index (χ0) is 37.5. The van der Waals surface area contributed by atoms with Gasteiger partial charge in [0.2, 0.25) is 0 Å². The molecule has 2 atom stereocenters. The average molecular weight is 735 g/mol. The van der Waals surface area contributed by atoms with E-state index in [4.69, 9.17) is 9.47 Å². The second kappa shape index (κ2) is 43.1. The van der Waals surface area contributed by atoms with Crippen molar-refractivity contribution in [3.63, 3.8) is 0 Å². The molecular formula is C42H78MgO8. The van der Waals surface area contributed by atoms with Gasteiger partial charge in [0.25, 0.3) is 0 Å². The smallest absolute Gasteiger partial charge is 0.546 e. The second-order valence-electron chi connectivity index (χ2n) is 14.3. The summed E-state index contributed by atoms with van der Waals surface area (Å²) < 4.78 is 9.46. The molecule has 0 radical (unpaired) electrons. The maximum atomic E-state index is 11.4. The summed E-state index contributed by atoms with van der Waals surface area (Å²) in [5.41, 5.74) is 0. The molecule has 51 heavy (non-hydrogen) atoms. The third-order valence-corrected chi connectivity index (χ3v) is 9.25. The first-order chi connectivity index (χ1) is 24.1. The number of unbranched alkanes of at least 4 members (excludes halogenated alkanes) is 28. The van der Waals surface area contributed by atoms with Crippen molar-refractivity contribution in [2.75, 3.05) is 0 Å². The Morgan fingerprint density at radius 1 is 0.373 bits per heavy atom. The normalized spacial score (nSPS) is 11.8. The van der Waals surface area contributed by atoms with Gasteiger partial charge in [-0.15, -0.1) is 0 Å². The summed E-state index contributed by atoms with van der Waals surface area (Å²) >= 11 is 0. The maximum absolute atomic E-state index is 11.4. The molecule has 0 aromatic heterocycles. The molecule has 0 saturated heterocycles. The Kier molecular flexibility index (Phi) is 45.6. The number of carbonyl (C=O) groups excluding carboxylic acids is 4. The predicted octanol–water partition coefficient (Wildman–Crippen LogP) is 9.48. The Morgan fingerprint density at radius 3 is 0.725 bits per heavy atom. The fraction of sp³-hybridized carbons (Fsp3) is 0.905. The monoisotopic (exact) mass is 735 g/mol. The van der Waals surface area contributed by atoms with E-state index in [2.05, 4.69) is 13.8 Å². The third-order valence-electron chi connectivity index (χ3n) is 9.25. The second-order valence-corrected chi connectivity index (χ2v) is 14.3. The van der Waals surface area contributed by atoms with Crippen LogP contribution in [0.1, 0.15) is 233 Å². The van der Waals surface area contributed by atoms with Crippen molar-refractivity contribution in [1.29, 1.82) is 0 Å². The number of ether oxygens (including phenoxy) is 2. The van der Waals surface area contributed by atoms with Crippen molar-refractivity contribution in [1.82, 2.24) is 0 Å². The van der Waals surface area contributed by atoms with Crippen LogP contribution in [-0.2, 0) is 28.7 Å². The number of rotatable bonds is 36. The number of carboxylic acid groups (broad SMARTS) is 2. The molecule has 9 heteroatoms. The van der Waals surface area contributed by atoms with Crippen LogP contribution >= 0.6 is 0 Å². The third kappa shape index (κ3) is 44.7. The van der Waals surface area contributed by atoms with Crippen molar-refractivity contribution in [2.24, 2.45) is 0 Å². The Morgan fingerprint density at radius 2 is 0.549 bits per heavy atom. The van der Waals surface area contributed by atoms with Crippen molar-refractivity contribution in [2.45, 2.75) is 245 Å². The van der Waals surface area contributed by atoms with E-state index < -0.39 is 36.1 Å². The Bertz CT molecular complexity index is 727. The first-order valence-corrected chi connectivity index (χ1v) is 21.0. The quantitative estimate of drug-likeness (QED) is 0.0353. The van der Waals surface area contributed by atoms with Gasteiger partial charge in [0.05, 0.1) is 11.9 Å². The summed E-state index contributed by atoms with van der Waals surface area (Å²) in [6.07, 6.45) is 36.7. The van der Waals surface area contributed by atoms with E-state index in [1.807, 2.05) is 0 Å². The number of hydrogen-bond acceptors (Lipinski definition) is 8. The van der Waals surface area contributed by atoms with Crippen LogP contribution in [-0.4, -0.2) is 59.1 Å². The van der Waals surface area contributed by atoms with Crippen LogP contribution in [0.2, 0.25) is 0 Å². The fourth-order valence-electron chi connectivity index (χ4n) is 5.89. The molecule has 0 spiro atoms.